The first kappa shape index (κ1) is 23.7. The summed E-state index contributed by atoms with van der Waals surface area (Å²) in [5.41, 5.74) is 2.26. The van der Waals surface area contributed by atoms with Crippen molar-refractivity contribution in [3.8, 4) is 11.3 Å². The maximum absolute atomic E-state index is 12.7. The predicted octanol–water partition coefficient (Wildman–Crippen LogP) is 6.18. The minimum atomic E-state index is -0.556. The molecule has 5 rings (SSSR count). The first-order valence-electron chi connectivity index (χ1n) is 10.6. The average molecular weight is 536 g/mol. The van der Waals surface area contributed by atoms with Gasteiger partial charge in [-0.25, -0.2) is 4.90 Å². The van der Waals surface area contributed by atoms with Crippen LogP contribution in [0.15, 0.2) is 83.3 Å². The molecule has 3 aromatic carbocycles. The van der Waals surface area contributed by atoms with E-state index in [4.69, 9.17) is 39.8 Å². The van der Waals surface area contributed by atoms with Crippen LogP contribution in [-0.4, -0.2) is 22.8 Å². The number of thiocarbonyl (C=S) groups is 1. The number of nitrogens with zero attached hydrogens (tertiary/aromatic N) is 1. The fourth-order valence-electron chi connectivity index (χ4n) is 3.74. The van der Waals surface area contributed by atoms with Gasteiger partial charge >= 0.3 is 0 Å². The first-order valence-corrected chi connectivity index (χ1v) is 11.7. The number of fused-ring (bicyclic) bond motifs is 1. The molecule has 7 nitrogen and oxygen atoms in total. The highest BCUT2D eigenvalue weighted by Crippen LogP contribution is 2.34. The lowest BCUT2D eigenvalue weighted by Crippen LogP contribution is -2.34. The molecule has 0 bridgehead atoms. The minimum absolute atomic E-state index is 0.0335. The second-order valence-electron chi connectivity index (χ2n) is 7.71. The average Bonchev–Trinajstić information content (AvgIpc) is 3.45. The van der Waals surface area contributed by atoms with Crippen LogP contribution in [0.1, 0.15) is 31.3 Å². The van der Waals surface area contributed by atoms with Crippen LogP contribution in [0.4, 0.5) is 11.4 Å². The van der Waals surface area contributed by atoms with E-state index in [0.717, 1.165) is 4.90 Å². The van der Waals surface area contributed by atoms with E-state index in [1.165, 1.54) is 6.07 Å². The Kier molecular flexibility index (Phi) is 6.32. The first-order chi connectivity index (χ1) is 17.3. The van der Waals surface area contributed by atoms with Crippen LogP contribution in [0, 0.1) is 0 Å². The lowest BCUT2D eigenvalue weighted by molar-refractivity contribution is 0.0922. The molecule has 0 atom stereocenters. The maximum atomic E-state index is 12.7. The largest absolute Gasteiger partial charge is 0.451 e. The van der Waals surface area contributed by atoms with Crippen molar-refractivity contribution in [1.29, 1.82) is 0 Å². The molecule has 0 saturated heterocycles. The third-order valence-electron chi connectivity index (χ3n) is 5.45. The van der Waals surface area contributed by atoms with Crippen molar-refractivity contribution in [2.45, 2.75) is 0 Å². The molecule has 36 heavy (non-hydrogen) atoms. The number of imide groups is 1. The van der Waals surface area contributed by atoms with Crippen LogP contribution in [0.5, 0.6) is 0 Å². The molecule has 1 aliphatic rings. The van der Waals surface area contributed by atoms with Crippen LogP contribution >= 0.6 is 35.4 Å². The van der Waals surface area contributed by atoms with Crippen molar-refractivity contribution in [3.63, 3.8) is 0 Å². The molecule has 178 valence electrons. The van der Waals surface area contributed by atoms with Crippen LogP contribution in [-0.2, 0) is 0 Å². The zero-order valence-corrected chi connectivity index (χ0v) is 20.6. The van der Waals surface area contributed by atoms with Crippen molar-refractivity contribution in [2.24, 2.45) is 0 Å². The van der Waals surface area contributed by atoms with Gasteiger partial charge in [0.1, 0.15) is 5.76 Å². The quantitative estimate of drug-likeness (QED) is 0.239. The summed E-state index contributed by atoms with van der Waals surface area (Å²) in [7, 11) is 0. The minimum Gasteiger partial charge on any atom is -0.451 e. The molecule has 0 saturated carbocycles. The summed E-state index contributed by atoms with van der Waals surface area (Å²) in [5, 5.41) is 6.15. The van der Waals surface area contributed by atoms with Crippen molar-refractivity contribution in [3.05, 3.63) is 106 Å². The molecular formula is C26H15Cl2N3O4S. The van der Waals surface area contributed by atoms with Crippen LogP contribution < -0.4 is 15.5 Å². The molecule has 1 aromatic heterocycles. The second-order valence-corrected chi connectivity index (χ2v) is 8.91. The number of hydrogen-bond acceptors (Lipinski definition) is 5. The fraction of sp³-hybridized carbons (Fsp3) is 0. The van der Waals surface area contributed by atoms with E-state index in [1.54, 1.807) is 72.8 Å². The summed E-state index contributed by atoms with van der Waals surface area (Å²) >= 11 is 17.5. The Balaban J connectivity index is 1.23. The van der Waals surface area contributed by atoms with Crippen molar-refractivity contribution >= 4 is 69.6 Å². The third kappa shape index (κ3) is 4.37. The van der Waals surface area contributed by atoms with Gasteiger partial charge in [0.15, 0.2) is 10.9 Å². The highest BCUT2D eigenvalue weighted by molar-refractivity contribution is 7.80. The Morgan fingerprint density at radius 3 is 2.11 bits per heavy atom. The lowest BCUT2D eigenvalue weighted by Gasteiger charge is -2.15. The number of nitrogens with one attached hydrogen (secondary N) is 2. The predicted molar refractivity (Wildman–Crippen MR) is 142 cm³/mol. The van der Waals surface area contributed by atoms with Crippen LogP contribution in [0.2, 0.25) is 10.0 Å². The zero-order chi connectivity index (χ0) is 25.4. The molecule has 2 N–H and O–H groups in total. The van der Waals surface area contributed by atoms with Gasteiger partial charge in [-0.2, -0.15) is 0 Å². The molecule has 2 heterocycles. The van der Waals surface area contributed by atoms with Crippen LogP contribution in [0.25, 0.3) is 11.3 Å². The Morgan fingerprint density at radius 1 is 0.806 bits per heavy atom. The third-order valence-corrected chi connectivity index (χ3v) is 6.47. The Bertz CT molecular complexity index is 1510. The normalized spacial score (nSPS) is 12.4. The SMILES string of the molecule is O=C(NC(=S)Nc1ccc(N2C(=O)c3ccccc3C2=O)cc1)c1ccc(-c2cccc(Cl)c2Cl)o1. The summed E-state index contributed by atoms with van der Waals surface area (Å²) in [5.74, 6) is -0.895. The molecule has 3 amide bonds. The molecule has 1 aliphatic heterocycles. The number of rotatable bonds is 4. The van der Waals surface area contributed by atoms with Gasteiger partial charge in [-0.3, -0.25) is 19.7 Å². The molecule has 0 fully saturated rings. The second kappa shape index (κ2) is 9.58. The summed E-state index contributed by atoms with van der Waals surface area (Å²) in [6.45, 7) is 0. The van der Waals surface area contributed by atoms with Gasteiger partial charge in [0.05, 0.1) is 26.9 Å². The molecule has 10 heteroatoms. The number of carbonyl (C=O) groups excluding carboxylic acids is 3. The molecule has 0 unspecified atom stereocenters. The number of carbonyl (C=O) groups is 3. The van der Waals surface area contributed by atoms with E-state index in [0.29, 0.717) is 43.9 Å². The Hall–Kier alpha value is -3.98. The Morgan fingerprint density at radius 2 is 1.44 bits per heavy atom. The highest BCUT2D eigenvalue weighted by atomic mass is 35.5. The number of furan rings is 1. The standard InChI is InChI=1S/C26H15Cl2N3O4S/c27-19-7-3-6-18(22(19)28)20-12-13-21(35-20)23(32)30-26(36)29-14-8-10-15(11-9-14)31-24(33)16-4-1-2-5-17(16)25(31)34/h1-13H,(H2,29,30,32,36). The maximum Gasteiger partial charge on any atom is 0.293 e. The van der Waals surface area contributed by atoms with Gasteiger partial charge in [-0.15, -0.1) is 0 Å². The van der Waals surface area contributed by atoms with Gasteiger partial charge in [0.25, 0.3) is 17.7 Å². The number of amides is 3. The summed E-state index contributed by atoms with van der Waals surface area (Å²) < 4.78 is 5.63. The monoisotopic (exact) mass is 535 g/mol. The number of benzene rings is 3. The van der Waals surface area contributed by atoms with Crippen molar-refractivity contribution in [2.75, 3.05) is 10.2 Å². The lowest BCUT2D eigenvalue weighted by atomic mass is 10.1. The van der Waals surface area contributed by atoms with E-state index in [-0.39, 0.29) is 22.7 Å². The van der Waals surface area contributed by atoms with Gasteiger partial charge in [-0.1, -0.05) is 41.4 Å². The molecule has 4 aromatic rings. The summed E-state index contributed by atoms with van der Waals surface area (Å²) in [6, 6.07) is 21.4. The number of hydrogen-bond donors (Lipinski definition) is 2. The zero-order valence-electron chi connectivity index (χ0n) is 18.2. The van der Waals surface area contributed by atoms with Gasteiger partial charge in [0.2, 0.25) is 0 Å². The van der Waals surface area contributed by atoms with E-state index in [1.807, 2.05) is 0 Å². The van der Waals surface area contributed by atoms with Gasteiger partial charge in [-0.05, 0) is 72.9 Å². The smallest absolute Gasteiger partial charge is 0.293 e. The van der Waals surface area contributed by atoms with Gasteiger partial charge < -0.3 is 9.73 Å². The molecule has 0 radical (unpaired) electrons. The Labute approximate surface area is 220 Å². The highest BCUT2D eigenvalue weighted by Gasteiger charge is 2.36. The van der Waals surface area contributed by atoms with E-state index in [2.05, 4.69) is 10.6 Å². The van der Waals surface area contributed by atoms with Crippen molar-refractivity contribution < 1.29 is 18.8 Å². The fourth-order valence-corrected chi connectivity index (χ4v) is 4.35. The van der Waals surface area contributed by atoms with Crippen molar-refractivity contribution in [1.82, 2.24) is 5.32 Å². The number of halogens is 2. The molecule has 0 spiro atoms. The van der Waals surface area contributed by atoms with Crippen LogP contribution in [0.3, 0.4) is 0 Å². The molecular weight excluding hydrogens is 521 g/mol. The van der Waals surface area contributed by atoms with E-state index < -0.39 is 5.91 Å². The van der Waals surface area contributed by atoms with Gasteiger partial charge in [0, 0.05) is 11.3 Å². The number of anilines is 2. The van der Waals surface area contributed by atoms with E-state index >= 15 is 0 Å². The summed E-state index contributed by atoms with van der Waals surface area (Å²) in [6.07, 6.45) is 0. The summed E-state index contributed by atoms with van der Waals surface area (Å²) in [4.78, 5) is 39.0. The van der Waals surface area contributed by atoms with E-state index in [9.17, 15) is 14.4 Å². The topological polar surface area (TPSA) is 91.7 Å². The molecule has 0 aliphatic carbocycles.